The van der Waals surface area contributed by atoms with Gasteiger partial charge < -0.3 is 14.4 Å². The van der Waals surface area contributed by atoms with Gasteiger partial charge in [0.15, 0.2) is 0 Å². The molecule has 152 valence electrons. The van der Waals surface area contributed by atoms with Crippen molar-refractivity contribution in [2.24, 2.45) is 0 Å². The zero-order valence-corrected chi connectivity index (χ0v) is 17.0. The number of ether oxygens (including phenoxy) is 2. The van der Waals surface area contributed by atoms with Crippen LogP contribution in [0.15, 0.2) is 11.1 Å². The molecule has 9 heteroatoms. The van der Waals surface area contributed by atoms with Gasteiger partial charge in [0.05, 0.1) is 31.3 Å². The summed E-state index contributed by atoms with van der Waals surface area (Å²) in [5.41, 5.74) is 0.980. The Morgan fingerprint density at radius 2 is 2.14 bits per heavy atom. The van der Waals surface area contributed by atoms with E-state index < -0.39 is 0 Å². The molecule has 3 rings (SSSR count). The summed E-state index contributed by atoms with van der Waals surface area (Å²) in [5.74, 6) is -0.422. The van der Waals surface area contributed by atoms with Crippen molar-refractivity contribution in [3.8, 4) is 0 Å². The van der Waals surface area contributed by atoms with Gasteiger partial charge in [0.2, 0.25) is 5.91 Å². The number of carbonyl (C=O) groups is 2. The Kier molecular flexibility index (Phi) is 6.79. The topological polar surface area (TPSA) is 90.7 Å². The fourth-order valence-corrected chi connectivity index (χ4v) is 4.56. The van der Waals surface area contributed by atoms with Crippen molar-refractivity contribution in [3.05, 3.63) is 27.1 Å². The molecule has 0 unspecified atom stereocenters. The zero-order valence-electron chi connectivity index (χ0n) is 16.2. The van der Waals surface area contributed by atoms with Gasteiger partial charge >= 0.3 is 5.97 Å². The summed E-state index contributed by atoms with van der Waals surface area (Å²) in [6.07, 6.45) is 3.20. The fourth-order valence-electron chi connectivity index (χ4n) is 3.37. The molecule has 0 spiro atoms. The third-order valence-electron chi connectivity index (χ3n) is 4.78. The van der Waals surface area contributed by atoms with E-state index in [1.54, 1.807) is 29.8 Å². The lowest BCUT2D eigenvalue weighted by molar-refractivity contribution is -0.145. The van der Waals surface area contributed by atoms with E-state index in [2.05, 4.69) is 4.98 Å². The minimum absolute atomic E-state index is 0.0271. The van der Waals surface area contributed by atoms with Crippen LogP contribution in [0.3, 0.4) is 0 Å². The lowest BCUT2D eigenvalue weighted by Gasteiger charge is -2.27. The van der Waals surface area contributed by atoms with Gasteiger partial charge in [-0.3, -0.25) is 19.0 Å². The van der Waals surface area contributed by atoms with Gasteiger partial charge in [0.25, 0.3) is 5.56 Å². The summed E-state index contributed by atoms with van der Waals surface area (Å²) >= 11 is 1.47. The average molecular weight is 407 g/mol. The van der Waals surface area contributed by atoms with Crippen molar-refractivity contribution in [2.45, 2.75) is 45.7 Å². The van der Waals surface area contributed by atoms with Gasteiger partial charge in [-0.1, -0.05) is 0 Å². The molecule has 2 aromatic heterocycles. The normalized spacial score (nSPS) is 13.6. The van der Waals surface area contributed by atoms with E-state index in [1.165, 1.54) is 11.3 Å². The molecule has 0 bridgehead atoms. The standard InChI is InChI=1S/C19H25N3O5S/c1-3-27-16(24)6-5-15(23)21-9-7-13-14(11-21)28-18-17(13)19(25)22(12-20-18)8-4-10-26-2/h12H,3-11H2,1-2H3. The second-order valence-corrected chi connectivity index (χ2v) is 7.73. The highest BCUT2D eigenvalue weighted by Gasteiger charge is 2.26. The molecule has 2 aromatic rings. The average Bonchev–Trinajstić information content (AvgIpc) is 3.06. The van der Waals surface area contributed by atoms with E-state index in [9.17, 15) is 14.4 Å². The van der Waals surface area contributed by atoms with E-state index in [4.69, 9.17) is 9.47 Å². The van der Waals surface area contributed by atoms with Crippen molar-refractivity contribution in [3.63, 3.8) is 0 Å². The molecule has 1 aliphatic rings. The number of hydrogen-bond acceptors (Lipinski definition) is 7. The molecule has 0 fully saturated rings. The minimum atomic E-state index is -0.353. The number of hydrogen-bond donors (Lipinski definition) is 0. The highest BCUT2D eigenvalue weighted by Crippen LogP contribution is 2.32. The number of carbonyl (C=O) groups excluding carboxylic acids is 2. The number of aryl methyl sites for hydroxylation is 1. The lowest BCUT2D eigenvalue weighted by Crippen LogP contribution is -2.35. The fraction of sp³-hybridized carbons (Fsp3) is 0.579. The minimum Gasteiger partial charge on any atom is -0.466 e. The van der Waals surface area contributed by atoms with Gasteiger partial charge in [-0.15, -0.1) is 11.3 Å². The SMILES string of the molecule is CCOC(=O)CCC(=O)N1CCc2c(sc3ncn(CCCOC)c(=O)c23)C1. The van der Waals surface area contributed by atoms with Gasteiger partial charge in [0, 0.05) is 38.1 Å². The van der Waals surface area contributed by atoms with E-state index in [0.29, 0.717) is 44.7 Å². The third-order valence-corrected chi connectivity index (χ3v) is 5.90. The largest absolute Gasteiger partial charge is 0.466 e. The van der Waals surface area contributed by atoms with Crippen LogP contribution < -0.4 is 5.56 Å². The first kappa shape index (κ1) is 20.5. The molecule has 0 aromatic carbocycles. The van der Waals surface area contributed by atoms with E-state index in [-0.39, 0.29) is 30.3 Å². The Balaban J connectivity index is 1.73. The number of nitrogens with zero attached hydrogens (tertiary/aromatic N) is 3. The summed E-state index contributed by atoms with van der Waals surface area (Å²) < 4.78 is 11.6. The van der Waals surface area contributed by atoms with Crippen LogP contribution >= 0.6 is 11.3 Å². The van der Waals surface area contributed by atoms with Gasteiger partial charge in [-0.2, -0.15) is 0 Å². The molecule has 0 N–H and O–H groups in total. The van der Waals surface area contributed by atoms with Crippen LogP contribution in [0.5, 0.6) is 0 Å². The molecular weight excluding hydrogens is 382 g/mol. The van der Waals surface area contributed by atoms with Crippen molar-refractivity contribution in [1.82, 2.24) is 14.5 Å². The monoisotopic (exact) mass is 407 g/mol. The van der Waals surface area contributed by atoms with Gasteiger partial charge in [-0.05, 0) is 25.3 Å². The summed E-state index contributed by atoms with van der Waals surface area (Å²) in [5, 5.41) is 0.679. The van der Waals surface area contributed by atoms with Crippen LogP contribution in [-0.4, -0.2) is 53.2 Å². The molecule has 0 atom stereocenters. The molecular formula is C19H25N3O5S. The van der Waals surface area contributed by atoms with Crippen molar-refractivity contribution in [1.29, 1.82) is 0 Å². The van der Waals surface area contributed by atoms with Crippen molar-refractivity contribution < 1.29 is 19.1 Å². The molecule has 1 amide bonds. The molecule has 3 heterocycles. The van der Waals surface area contributed by atoms with E-state index in [1.807, 2.05) is 0 Å². The van der Waals surface area contributed by atoms with Crippen LogP contribution in [0.1, 0.15) is 36.6 Å². The van der Waals surface area contributed by atoms with E-state index in [0.717, 1.165) is 21.7 Å². The Bertz CT molecular complexity index is 920. The zero-order chi connectivity index (χ0) is 20.1. The quantitative estimate of drug-likeness (QED) is 0.489. The van der Waals surface area contributed by atoms with Crippen LogP contribution in [0.4, 0.5) is 0 Å². The smallest absolute Gasteiger partial charge is 0.306 e. The van der Waals surface area contributed by atoms with Crippen molar-refractivity contribution in [2.75, 3.05) is 26.9 Å². The predicted molar refractivity (Wildman–Crippen MR) is 105 cm³/mol. The third kappa shape index (κ3) is 4.41. The summed E-state index contributed by atoms with van der Waals surface area (Å²) in [7, 11) is 1.64. The Labute approximate surface area is 167 Å². The highest BCUT2D eigenvalue weighted by atomic mass is 32.1. The maximum atomic E-state index is 12.9. The second-order valence-electron chi connectivity index (χ2n) is 6.64. The van der Waals surface area contributed by atoms with Crippen LogP contribution in [0.2, 0.25) is 0 Å². The highest BCUT2D eigenvalue weighted by molar-refractivity contribution is 7.18. The number of thiophene rings is 1. The first-order valence-electron chi connectivity index (χ1n) is 9.47. The summed E-state index contributed by atoms with van der Waals surface area (Å²) in [6, 6.07) is 0. The molecule has 0 radical (unpaired) electrons. The number of methoxy groups -OCH3 is 1. The Morgan fingerprint density at radius 1 is 1.32 bits per heavy atom. The molecule has 0 saturated heterocycles. The van der Waals surface area contributed by atoms with Gasteiger partial charge in [-0.25, -0.2) is 4.98 Å². The maximum absolute atomic E-state index is 12.9. The first-order valence-corrected chi connectivity index (χ1v) is 10.3. The number of esters is 1. The number of amides is 1. The number of rotatable bonds is 8. The summed E-state index contributed by atoms with van der Waals surface area (Å²) in [6.45, 7) is 4.22. The maximum Gasteiger partial charge on any atom is 0.306 e. The second kappa shape index (κ2) is 9.29. The molecule has 8 nitrogen and oxygen atoms in total. The van der Waals surface area contributed by atoms with E-state index >= 15 is 0 Å². The van der Waals surface area contributed by atoms with Crippen LogP contribution in [0, 0.1) is 0 Å². The Hall–Kier alpha value is -2.26. The van der Waals surface area contributed by atoms with Gasteiger partial charge in [0.1, 0.15) is 4.83 Å². The molecule has 1 aliphatic heterocycles. The lowest BCUT2D eigenvalue weighted by atomic mass is 10.0. The molecule has 0 saturated carbocycles. The number of aromatic nitrogens is 2. The molecule has 0 aliphatic carbocycles. The first-order chi connectivity index (χ1) is 13.5. The predicted octanol–water partition coefficient (Wildman–Crippen LogP) is 1.72. The van der Waals surface area contributed by atoms with Crippen LogP contribution in [-0.2, 0) is 38.6 Å². The van der Waals surface area contributed by atoms with Crippen LogP contribution in [0.25, 0.3) is 10.2 Å². The number of fused-ring (bicyclic) bond motifs is 3. The summed E-state index contributed by atoms with van der Waals surface area (Å²) in [4.78, 5) is 44.7. The Morgan fingerprint density at radius 3 is 2.89 bits per heavy atom. The molecule has 28 heavy (non-hydrogen) atoms. The van der Waals surface area contributed by atoms with Crippen molar-refractivity contribution >= 4 is 33.4 Å².